The summed E-state index contributed by atoms with van der Waals surface area (Å²) in [4.78, 5) is 0. The molecule has 1 nitrogen and oxygen atoms in total. The lowest BCUT2D eigenvalue weighted by Gasteiger charge is -2.28. The van der Waals surface area contributed by atoms with Gasteiger partial charge in [-0.3, -0.25) is 0 Å². The Morgan fingerprint density at radius 2 is 1.80 bits per heavy atom. The second-order valence-electron chi connectivity index (χ2n) is 5.16. The quantitative estimate of drug-likeness (QED) is 0.624. The van der Waals surface area contributed by atoms with E-state index < -0.39 is 0 Å². The van der Waals surface area contributed by atoms with Crippen LogP contribution in [0.1, 0.15) is 41.0 Å². The standard InChI is InChI=1S/C14H24O/c1-10(2)6-12(4)13(5)14-7-11(3)8-15-9-14/h6,11,14H,7-9H2,1-5H3/b13-12+. The van der Waals surface area contributed by atoms with E-state index in [9.17, 15) is 0 Å². The second kappa shape index (κ2) is 5.50. The lowest BCUT2D eigenvalue weighted by atomic mass is 9.86. The summed E-state index contributed by atoms with van der Waals surface area (Å²) in [6.45, 7) is 12.9. The molecule has 1 rings (SSSR count). The van der Waals surface area contributed by atoms with Gasteiger partial charge in [-0.2, -0.15) is 0 Å². The molecule has 1 aliphatic rings. The first-order chi connectivity index (χ1) is 7.00. The van der Waals surface area contributed by atoms with E-state index in [-0.39, 0.29) is 0 Å². The molecule has 1 aliphatic heterocycles. The number of hydrogen-bond acceptors (Lipinski definition) is 1. The monoisotopic (exact) mass is 208 g/mol. The second-order valence-corrected chi connectivity index (χ2v) is 5.16. The van der Waals surface area contributed by atoms with Crippen LogP contribution in [-0.4, -0.2) is 13.2 Å². The van der Waals surface area contributed by atoms with Crippen LogP contribution in [0.5, 0.6) is 0 Å². The van der Waals surface area contributed by atoms with Gasteiger partial charge < -0.3 is 4.74 Å². The minimum atomic E-state index is 0.629. The van der Waals surface area contributed by atoms with Crippen molar-refractivity contribution in [3.8, 4) is 0 Å². The average molecular weight is 208 g/mol. The van der Waals surface area contributed by atoms with E-state index in [1.165, 1.54) is 23.1 Å². The van der Waals surface area contributed by atoms with E-state index in [0.717, 1.165) is 13.2 Å². The van der Waals surface area contributed by atoms with Gasteiger partial charge in [0.15, 0.2) is 0 Å². The van der Waals surface area contributed by atoms with Gasteiger partial charge in [0.05, 0.1) is 6.61 Å². The predicted molar refractivity (Wildman–Crippen MR) is 65.9 cm³/mol. The Hall–Kier alpha value is -0.560. The van der Waals surface area contributed by atoms with Gasteiger partial charge in [-0.1, -0.05) is 29.7 Å². The summed E-state index contributed by atoms with van der Waals surface area (Å²) in [5.41, 5.74) is 4.29. The molecule has 0 aromatic carbocycles. The van der Waals surface area contributed by atoms with Crippen molar-refractivity contribution in [3.63, 3.8) is 0 Å². The first-order valence-corrected chi connectivity index (χ1v) is 5.90. The van der Waals surface area contributed by atoms with Crippen LogP contribution < -0.4 is 0 Å². The van der Waals surface area contributed by atoms with Gasteiger partial charge in [0.25, 0.3) is 0 Å². The highest BCUT2D eigenvalue weighted by molar-refractivity contribution is 5.26. The Balaban J connectivity index is 2.73. The molecule has 0 spiro atoms. The van der Waals surface area contributed by atoms with E-state index in [1.54, 1.807) is 0 Å². The molecule has 1 fully saturated rings. The maximum atomic E-state index is 5.62. The topological polar surface area (TPSA) is 9.23 Å². The SMILES string of the molecule is CC(C)=C/C(C)=C(\C)C1COCC(C)C1. The summed E-state index contributed by atoms with van der Waals surface area (Å²) in [5.74, 6) is 1.34. The van der Waals surface area contributed by atoms with E-state index in [2.05, 4.69) is 40.7 Å². The molecule has 1 heteroatoms. The molecule has 0 aromatic heterocycles. The van der Waals surface area contributed by atoms with E-state index >= 15 is 0 Å². The molecule has 0 aromatic rings. The van der Waals surface area contributed by atoms with Crippen molar-refractivity contribution < 1.29 is 4.74 Å². The van der Waals surface area contributed by atoms with Crippen LogP contribution in [0.4, 0.5) is 0 Å². The molecular formula is C14H24O. The summed E-state index contributed by atoms with van der Waals surface area (Å²) < 4.78 is 5.62. The van der Waals surface area contributed by atoms with Crippen molar-refractivity contribution in [2.45, 2.75) is 41.0 Å². The number of hydrogen-bond donors (Lipinski definition) is 0. The fraction of sp³-hybridized carbons (Fsp3) is 0.714. The normalized spacial score (nSPS) is 28.3. The van der Waals surface area contributed by atoms with Gasteiger partial charge in [-0.15, -0.1) is 0 Å². The Labute approximate surface area is 94.2 Å². The van der Waals surface area contributed by atoms with Crippen LogP contribution in [0.25, 0.3) is 0 Å². The maximum absolute atomic E-state index is 5.62. The molecule has 0 radical (unpaired) electrons. The van der Waals surface area contributed by atoms with Gasteiger partial charge in [-0.25, -0.2) is 0 Å². The lowest BCUT2D eigenvalue weighted by Crippen LogP contribution is -2.24. The molecule has 86 valence electrons. The van der Waals surface area contributed by atoms with Gasteiger partial charge >= 0.3 is 0 Å². The Morgan fingerprint density at radius 1 is 1.13 bits per heavy atom. The van der Waals surface area contributed by atoms with Crippen molar-refractivity contribution in [2.75, 3.05) is 13.2 Å². The highest BCUT2D eigenvalue weighted by atomic mass is 16.5. The molecule has 0 amide bonds. The van der Waals surface area contributed by atoms with Crippen molar-refractivity contribution in [1.82, 2.24) is 0 Å². The number of allylic oxidation sites excluding steroid dienone is 3. The summed E-state index contributed by atoms with van der Waals surface area (Å²) in [6, 6.07) is 0. The van der Waals surface area contributed by atoms with E-state index in [0.29, 0.717) is 11.8 Å². The molecule has 0 aliphatic carbocycles. The lowest BCUT2D eigenvalue weighted by molar-refractivity contribution is 0.0327. The Bertz CT molecular complexity index is 269. The van der Waals surface area contributed by atoms with E-state index in [4.69, 9.17) is 4.74 Å². The van der Waals surface area contributed by atoms with Crippen LogP contribution in [0.15, 0.2) is 22.8 Å². The summed E-state index contributed by atoms with van der Waals surface area (Å²) in [7, 11) is 0. The van der Waals surface area contributed by atoms with Gasteiger partial charge in [0, 0.05) is 12.5 Å². The molecule has 1 heterocycles. The third-order valence-corrected chi connectivity index (χ3v) is 3.15. The van der Waals surface area contributed by atoms with Crippen molar-refractivity contribution >= 4 is 0 Å². The first kappa shape index (κ1) is 12.5. The Morgan fingerprint density at radius 3 is 2.33 bits per heavy atom. The maximum Gasteiger partial charge on any atom is 0.0531 e. The summed E-state index contributed by atoms with van der Waals surface area (Å²) in [5, 5.41) is 0. The summed E-state index contributed by atoms with van der Waals surface area (Å²) >= 11 is 0. The largest absolute Gasteiger partial charge is 0.381 e. The zero-order chi connectivity index (χ0) is 11.4. The number of ether oxygens (including phenoxy) is 1. The van der Waals surface area contributed by atoms with Crippen molar-refractivity contribution in [1.29, 1.82) is 0 Å². The fourth-order valence-electron chi connectivity index (χ4n) is 2.20. The average Bonchev–Trinajstić information content (AvgIpc) is 2.15. The van der Waals surface area contributed by atoms with Gasteiger partial charge in [0.2, 0.25) is 0 Å². The highest BCUT2D eigenvalue weighted by Crippen LogP contribution is 2.27. The van der Waals surface area contributed by atoms with E-state index in [1.807, 2.05) is 0 Å². The molecule has 1 saturated heterocycles. The van der Waals surface area contributed by atoms with Crippen LogP contribution >= 0.6 is 0 Å². The smallest absolute Gasteiger partial charge is 0.0531 e. The van der Waals surface area contributed by atoms with Crippen LogP contribution in [0.3, 0.4) is 0 Å². The molecular weight excluding hydrogens is 184 g/mol. The van der Waals surface area contributed by atoms with Crippen molar-refractivity contribution in [2.24, 2.45) is 11.8 Å². The molecule has 2 unspecified atom stereocenters. The van der Waals surface area contributed by atoms with Crippen LogP contribution in [0, 0.1) is 11.8 Å². The third-order valence-electron chi connectivity index (χ3n) is 3.15. The molecule has 0 bridgehead atoms. The minimum Gasteiger partial charge on any atom is -0.381 e. The van der Waals surface area contributed by atoms with Crippen LogP contribution in [0.2, 0.25) is 0 Å². The summed E-state index contributed by atoms with van der Waals surface area (Å²) in [6.07, 6.45) is 3.55. The number of rotatable bonds is 2. The highest BCUT2D eigenvalue weighted by Gasteiger charge is 2.21. The molecule has 15 heavy (non-hydrogen) atoms. The molecule has 2 atom stereocenters. The zero-order valence-corrected chi connectivity index (χ0v) is 10.8. The first-order valence-electron chi connectivity index (χ1n) is 5.90. The van der Waals surface area contributed by atoms with Gasteiger partial charge in [-0.05, 0) is 40.0 Å². The molecule has 0 N–H and O–H groups in total. The fourth-order valence-corrected chi connectivity index (χ4v) is 2.20. The van der Waals surface area contributed by atoms with Crippen LogP contribution in [-0.2, 0) is 4.74 Å². The minimum absolute atomic E-state index is 0.629. The molecule has 0 saturated carbocycles. The third kappa shape index (κ3) is 3.83. The van der Waals surface area contributed by atoms with Gasteiger partial charge in [0.1, 0.15) is 0 Å². The Kier molecular flexibility index (Phi) is 4.59. The zero-order valence-electron chi connectivity index (χ0n) is 10.8. The van der Waals surface area contributed by atoms with Crippen molar-refractivity contribution in [3.05, 3.63) is 22.8 Å². The predicted octanol–water partition coefficient (Wildman–Crippen LogP) is 3.96.